The molecule has 0 amide bonds. The van der Waals surface area contributed by atoms with Crippen molar-refractivity contribution in [2.45, 2.75) is 23.6 Å². The Labute approximate surface area is 164 Å². The molecular weight excluding hydrogens is 364 g/mol. The van der Waals surface area contributed by atoms with Gasteiger partial charge in [0.2, 0.25) is 0 Å². The molecule has 2 rings (SSSR count). The van der Waals surface area contributed by atoms with Crippen LogP contribution in [0.1, 0.15) is 43.0 Å². The van der Waals surface area contributed by atoms with E-state index in [0.717, 1.165) is 34.8 Å². The van der Waals surface area contributed by atoms with Crippen LogP contribution in [0, 0.1) is 13.8 Å². The van der Waals surface area contributed by atoms with E-state index >= 15 is 0 Å². The number of aldehydes is 2. The number of carbonyl (C=O) groups is 2. The molecule has 0 aromatic heterocycles. The van der Waals surface area contributed by atoms with Crippen molar-refractivity contribution < 1.29 is 9.59 Å². The standard InChI is InChI=1S/C20H20N2O2S2/c1-13-5-15(19(25)17(7-13)11-23)9-21-3-4-22-10-16-6-14(2)8-18(12-24)20(16)26/h5-12,25-26H,3-4H2,1-2H3. The molecule has 2 aromatic rings. The first kappa shape index (κ1) is 20.1. The van der Waals surface area contributed by atoms with Gasteiger partial charge in [-0.15, -0.1) is 25.3 Å². The number of aliphatic imine (C=N–C) groups is 2. The molecule has 0 radical (unpaired) electrons. The SMILES string of the molecule is Cc1cc(C=O)c(S)c(C=NCCN=Cc2cc(C)cc(C=O)c2S)c1. The number of hydrogen-bond donors (Lipinski definition) is 2. The lowest BCUT2D eigenvalue weighted by molar-refractivity contribution is 0.111. The van der Waals surface area contributed by atoms with Crippen LogP contribution in [0.2, 0.25) is 0 Å². The van der Waals surface area contributed by atoms with Gasteiger partial charge in [-0.3, -0.25) is 19.6 Å². The highest BCUT2D eigenvalue weighted by Gasteiger charge is 2.05. The van der Waals surface area contributed by atoms with Gasteiger partial charge in [0, 0.05) is 44.5 Å². The van der Waals surface area contributed by atoms with Crippen molar-refractivity contribution in [1.82, 2.24) is 0 Å². The lowest BCUT2D eigenvalue weighted by Gasteiger charge is -2.05. The van der Waals surface area contributed by atoms with Crippen LogP contribution in [0.3, 0.4) is 0 Å². The predicted molar refractivity (Wildman–Crippen MR) is 113 cm³/mol. The summed E-state index contributed by atoms with van der Waals surface area (Å²) < 4.78 is 0. The van der Waals surface area contributed by atoms with Crippen molar-refractivity contribution in [3.8, 4) is 0 Å². The lowest BCUT2D eigenvalue weighted by Crippen LogP contribution is -1.96. The van der Waals surface area contributed by atoms with Crippen LogP contribution in [0.15, 0.2) is 44.0 Å². The fourth-order valence-electron chi connectivity index (χ4n) is 2.49. The summed E-state index contributed by atoms with van der Waals surface area (Å²) in [6.45, 7) is 4.85. The van der Waals surface area contributed by atoms with Crippen molar-refractivity contribution >= 4 is 50.3 Å². The van der Waals surface area contributed by atoms with Gasteiger partial charge in [-0.2, -0.15) is 0 Å². The second-order valence-electron chi connectivity index (χ2n) is 5.89. The fourth-order valence-corrected chi connectivity index (χ4v) is 2.97. The Bertz CT molecular complexity index is 816. The Morgan fingerprint density at radius 1 is 0.731 bits per heavy atom. The molecule has 0 heterocycles. The van der Waals surface area contributed by atoms with E-state index in [9.17, 15) is 9.59 Å². The number of rotatable bonds is 7. The van der Waals surface area contributed by atoms with E-state index < -0.39 is 0 Å². The quantitative estimate of drug-likeness (QED) is 0.328. The first-order valence-electron chi connectivity index (χ1n) is 8.03. The fraction of sp³-hybridized carbons (Fsp3) is 0.200. The van der Waals surface area contributed by atoms with Gasteiger partial charge >= 0.3 is 0 Å². The number of aryl methyl sites for hydroxylation is 2. The van der Waals surface area contributed by atoms with E-state index in [4.69, 9.17) is 0 Å². The summed E-state index contributed by atoms with van der Waals surface area (Å²) in [5.74, 6) is 0. The number of hydrogen-bond acceptors (Lipinski definition) is 6. The summed E-state index contributed by atoms with van der Waals surface area (Å²) in [6.07, 6.45) is 5.00. The molecule has 2 aromatic carbocycles. The van der Waals surface area contributed by atoms with Crippen LogP contribution in [0.4, 0.5) is 0 Å². The minimum Gasteiger partial charge on any atom is -0.298 e. The Morgan fingerprint density at radius 2 is 1.08 bits per heavy atom. The molecule has 0 fully saturated rings. The topological polar surface area (TPSA) is 58.9 Å². The highest BCUT2D eigenvalue weighted by Crippen LogP contribution is 2.19. The number of benzene rings is 2. The molecule has 4 nitrogen and oxygen atoms in total. The van der Waals surface area contributed by atoms with Gasteiger partial charge in [0.1, 0.15) is 0 Å². The van der Waals surface area contributed by atoms with Crippen LogP contribution in [0.5, 0.6) is 0 Å². The molecular formula is C20H20N2O2S2. The van der Waals surface area contributed by atoms with E-state index in [1.165, 1.54) is 0 Å². The van der Waals surface area contributed by atoms with Gasteiger partial charge in [-0.1, -0.05) is 0 Å². The number of carbonyl (C=O) groups excluding carboxylic acids is 2. The molecule has 0 aliphatic rings. The Kier molecular flexibility index (Phi) is 7.36. The van der Waals surface area contributed by atoms with Crippen LogP contribution in [-0.2, 0) is 0 Å². The maximum Gasteiger partial charge on any atom is 0.151 e. The van der Waals surface area contributed by atoms with Crippen molar-refractivity contribution in [1.29, 1.82) is 0 Å². The zero-order valence-corrected chi connectivity index (χ0v) is 16.4. The molecule has 0 N–H and O–H groups in total. The van der Waals surface area contributed by atoms with E-state index in [0.29, 0.717) is 34.0 Å². The zero-order valence-electron chi connectivity index (χ0n) is 14.6. The van der Waals surface area contributed by atoms with E-state index in [1.807, 2.05) is 26.0 Å². The molecule has 134 valence electrons. The third-order valence-electron chi connectivity index (χ3n) is 3.70. The Balaban J connectivity index is 2.01. The molecule has 0 aliphatic heterocycles. The summed E-state index contributed by atoms with van der Waals surface area (Å²) in [4.78, 5) is 32.0. The monoisotopic (exact) mass is 384 g/mol. The molecule has 0 spiro atoms. The van der Waals surface area contributed by atoms with Gasteiger partial charge in [-0.25, -0.2) is 0 Å². The number of thiol groups is 2. The molecule has 0 aliphatic carbocycles. The Morgan fingerprint density at radius 3 is 1.42 bits per heavy atom. The summed E-state index contributed by atoms with van der Waals surface area (Å²) in [7, 11) is 0. The second kappa shape index (κ2) is 9.50. The van der Waals surface area contributed by atoms with Crippen LogP contribution in [-0.4, -0.2) is 38.1 Å². The average Bonchev–Trinajstić information content (AvgIpc) is 2.62. The number of nitrogens with zero attached hydrogens (tertiary/aromatic N) is 2. The molecule has 26 heavy (non-hydrogen) atoms. The lowest BCUT2D eigenvalue weighted by atomic mass is 10.1. The summed E-state index contributed by atoms with van der Waals surface area (Å²) in [6, 6.07) is 7.45. The Hall–Kier alpha value is -2.18. The first-order valence-corrected chi connectivity index (χ1v) is 8.93. The van der Waals surface area contributed by atoms with Crippen molar-refractivity contribution in [3.63, 3.8) is 0 Å². The van der Waals surface area contributed by atoms with Gasteiger partial charge < -0.3 is 0 Å². The summed E-state index contributed by atoms with van der Waals surface area (Å²) in [5.41, 5.74) is 4.70. The molecule has 0 saturated carbocycles. The average molecular weight is 385 g/mol. The third kappa shape index (κ3) is 5.16. The minimum absolute atomic E-state index is 0.502. The first-order chi connectivity index (χ1) is 12.5. The van der Waals surface area contributed by atoms with Crippen molar-refractivity contribution in [2.75, 3.05) is 13.1 Å². The molecule has 0 atom stereocenters. The predicted octanol–water partition coefficient (Wildman–Crippen LogP) is 4.04. The van der Waals surface area contributed by atoms with Crippen molar-refractivity contribution in [2.24, 2.45) is 9.98 Å². The van der Waals surface area contributed by atoms with E-state index in [-0.39, 0.29) is 0 Å². The van der Waals surface area contributed by atoms with Crippen molar-refractivity contribution in [3.05, 3.63) is 57.6 Å². The summed E-state index contributed by atoms with van der Waals surface area (Å²) >= 11 is 8.76. The van der Waals surface area contributed by atoms with Gasteiger partial charge in [-0.05, 0) is 49.2 Å². The molecule has 0 bridgehead atoms. The highest BCUT2D eigenvalue weighted by atomic mass is 32.1. The molecule has 0 unspecified atom stereocenters. The maximum atomic E-state index is 11.0. The van der Waals surface area contributed by atoms with Crippen LogP contribution in [0.25, 0.3) is 0 Å². The smallest absolute Gasteiger partial charge is 0.151 e. The van der Waals surface area contributed by atoms with Gasteiger partial charge in [0.05, 0.1) is 13.1 Å². The highest BCUT2D eigenvalue weighted by molar-refractivity contribution is 7.80. The summed E-state index contributed by atoms with van der Waals surface area (Å²) in [5, 5.41) is 0. The van der Waals surface area contributed by atoms with Crippen LogP contribution >= 0.6 is 25.3 Å². The van der Waals surface area contributed by atoms with Gasteiger partial charge in [0.15, 0.2) is 12.6 Å². The van der Waals surface area contributed by atoms with E-state index in [1.54, 1.807) is 24.6 Å². The molecule has 6 heteroatoms. The van der Waals surface area contributed by atoms with E-state index in [2.05, 4.69) is 35.2 Å². The molecule has 0 saturated heterocycles. The maximum absolute atomic E-state index is 11.0. The van der Waals surface area contributed by atoms with Crippen LogP contribution < -0.4 is 0 Å². The van der Waals surface area contributed by atoms with Gasteiger partial charge in [0.25, 0.3) is 0 Å². The largest absolute Gasteiger partial charge is 0.298 e. The third-order valence-corrected chi connectivity index (χ3v) is 4.73. The second-order valence-corrected chi connectivity index (χ2v) is 6.78. The zero-order chi connectivity index (χ0) is 19.1. The normalized spacial score (nSPS) is 11.4. The minimum atomic E-state index is 0.502.